The number of amides is 1. The molecule has 0 spiro atoms. The Balaban J connectivity index is 2.09. The zero-order valence-corrected chi connectivity index (χ0v) is 10.5. The van der Waals surface area contributed by atoms with Crippen molar-refractivity contribution >= 4 is 17.9 Å². The highest BCUT2D eigenvalue weighted by molar-refractivity contribution is 5.97. The highest BCUT2D eigenvalue weighted by Crippen LogP contribution is 2.32. The van der Waals surface area contributed by atoms with Gasteiger partial charge in [-0.3, -0.25) is 4.79 Å². The predicted octanol–water partition coefficient (Wildman–Crippen LogP) is 0.250. The molecular weight excluding hydrogens is 246 g/mol. The Morgan fingerprint density at radius 3 is 3.16 bits per heavy atom. The molecule has 0 aromatic heterocycles. The van der Waals surface area contributed by atoms with Gasteiger partial charge in [-0.15, -0.1) is 0 Å². The largest absolute Gasteiger partial charge is 0.497 e. The van der Waals surface area contributed by atoms with Crippen molar-refractivity contribution < 1.29 is 14.6 Å². The molecule has 1 amide bonds. The van der Waals surface area contributed by atoms with Crippen LogP contribution in [0, 0.1) is 0 Å². The number of hydrogen-bond acceptors (Lipinski definition) is 5. The number of hydrogen-bond donors (Lipinski definition) is 2. The van der Waals surface area contributed by atoms with Crippen molar-refractivity contribution in [2.24, 2.45) is 5.10 Å². The topological polar surface area (TPSA) is 74.2 Å². The molecule has 2 aliphatic heterocycles. The van der Waals surface area contributed by atoms with E-state index in [2.05, 4.69) is 10.5 Å². The molecule has 100 valence electrons. The first-order valence-corrected chi connectivity index (χ1v) is 6.15. The van der Waals surface area contributed by atoms with Gasteiger partial charge in [-0.25, -0.2) is 5.43 Å². The van der Waals surface area contributed by atoms with Gasteiger partial charge in [0.05, 0.1) is 13.2 Å². The average Bonchev–Trinajstić information content (AvgIpc) is 2.55. The van der Waals surface area contributed by atoms with Gasteiger partial charge >= 0.3 is 0 Å². The summed E-state index contributed by atoms with van der Waals surface area (Å²) in [5.41, 5.74) is 4.28. The molecule has 0 saturated heterocycles. The number of anilines is 1. The van der Waals surface area contributed by atoms with Crippen LogP contribution in [0.25, 0.3) is 0 Å². The van der Waals surface area contributed by atoms with Crippen molar-refractivity contribution in [3.8, 4) is 5.75 Å². The van der Waals surface area contributed by atoms with E-state index < -0.39 is 12.1 Å². The zero-order chi connectivity index (χ0) is 13.4. The van der Waals surface area contributed by atoms with Crippen molar-refractivity contribution in [3.63, 3.8) is 0 Å². The Hall–Kier alpha value is -2.08. The highest BCUT2D eigenvalue weighted by atomic mass is 16.5. The van der Waals surface area contributed by atoms with Gasteiger partial charge in [0.25, 0.3) is 5.91 Å². The van der Waals surface area contributed by atoms with Crippen LogP contribution in [-0.2, 0) is 11.2 Å². The van der Waals surface area contributed by atoms with Gasteiger partial charge in [-0.2, -0.15) is 5.10 Å². The second-order valence-electron chi connectivity index (χ2n) is 4.73. The number of methoxy groups -OCH3 is 1. The Labute approximate surface area is 110 Å². The number of fused-ring (bicyclic) bond motifs is 3. The number of rotatable bonds is 1. The molecule has 1 aromatic carbocycles. The van der Waals surface area contributed by atoms with Gasteiger partial charge < -0.3 is 14.7 Å². The minimum absolute atomic E-state index is 0.190. The molecule has 2 aliphatic rings. The minimum atomic E-state index is -0.557. The van der Waals surface area contributed by atoms with Crippen LogP contribution >= 0.6 is 0 Å². The first-order chi connectivity index (χ1) is 9.19. The summed E-state index contributed by atoms with van der Waals surface area (Å²) >= 11 is 0. The third kappa shape index (κ3) is 2.04. The molecule has 2 heterocycles. The molecule has 6 nitrogen and oxygen atoms in total. The van der Waals surface area contributed by atoms with Crippen molar-refractivity contribution in [2.75, 3.05) is 12.0 Å². The van der Waals surface area contributed by atoms with Gasteiger partial charge in [-0.05, 0) is 23.8 Å². The number of ether oxygens (including phenoxy) is 1. The lowest BCUT2D eigenvalue weighted by molar-refractivity contribution is -0.123. The van der Waals surface area contributed by atoms with Crippen LogP contribution in [0.5, 0.6) is 5.75 Å². The summed E-state index contributed by atoms with van der Waals surface area (Å²) in [5, 5.41) is 13.9. The van der Waals surface area contributed by atoms with Gasteiger partial charge in [0.1, 0.15) is 18.1 Å². The number of aliphatic hydroxyl groups is 1. The summed E-state index contributed by atoms with van der Waals surface area (Å²) in [6.45, 7) is 0. The van der Waals surface area contributed by atoms with E-state index in [0.717, 1.165) is 17.0 Å². The number of carbonyl (C=O) groups is 1. The Morgan fingerprint density at radius 2 is 2.37 bits per heavy atom. The Morgan fingerprint density at radius 1 is 1.53 bits per heavy atom. The fourth-order valence-electron chi connectivity index (χ4n) is 2.59. The summed E-state index contributed by atoms with van der Waals surface area (Å²) in [5.74, 6) is 0.549. The van der Waals surface area contributed by atoms with E-state index in [0.29, 0.717) is 12.8 Å². The third-order valence-electron chi connectivity index (χ3n) is 3.51. The molecule has 3 rings (SSSR count). The van der Waals surface area contributed by atoms with Crippen molar-refractivity contribution in [1.82, 2.24) is 5.43 Å². The second-order valence-corrected chi connectivity index (χ2v) is 4.73. The summed E-state index contributed by atoms with van der Waals surface area (Å²) in [4.78, 5) is 13.7. The van der Waals surface area contributed by atoms with Crippen molar-refractivity contribution in [3.05, 3.63) is 23.8 Å². The quantitative estimate of drug-likeness (QED) is 0.760. The summed E-state index contributed by atoms with van der Waals surface area (Å²) in [7, 11) is 1.60. The SMILES string of the molecule is COc1ccc2c(c1)CC(O)CC1C(=O)NN=CN21. The normalized spacial score (nSPS) is 25.2. The number of benzene rings is 1. The molecule has 0 bridgehead atoms. The van der Waals surface area contributed by atoms with Crippen LogP contribution in [0.3, 0.4) is 0 Å². The van der Waals surface area contributed by atoms with Crippen LogP contribution in [0.15, 0.2) is 23.3 Å². The van der Waals surface area contributed by atoms with E-state index in [1.54, 1.807) is 13.4 Å². The first-order valence-electron chi connectivity index (χ1n) is 6.15. The number of aliphatic hydroxyl groups excluding tert-OH is 1. The molecule has 2 atom stereocenters. The minimum Gasteiger partial charge on any atom is -0.497 e. The number of hydrazone groups is 1. The van der Waals surface area contributed by atoms with Gasteiger partial charge in [0.2, 0.25) is 0 Å². The molecule has 19 heavy (non-hydrogen) atoms. The van der Waals surface area contributed by atoms with Crippen LogP contribution in [0.2, 0.25) is 0 Å². The Bertz CT molecular complexity index is 544. The lowest BCUT2D eigenvalue weighted by atomic mass is 10.0. The maximum atomic E-state index is 11.9. The van der Waals surface area contributed by atoms with Gasteiger partial charge in [0, 0.05) is 18.5 Å². The molecule has 6 heteroatoms. The molecule has 0 aliphatic carbocycles. The van der Waals surface area contributed by atoms with Crippen molar-refractivity contribution in [1.29, 1.82) is 0 Å². The average molecular weight is 261 g/mol. The predicted molar refractivity (Wildman–Crippen MR) is 70.2 cm³/mol. The van der Waals surface area contributed by atoms with Crippen molar-refractivity contribution in [2.45, 2.75) is 25.0 Å². The molecule has 2 N–H and O–H groups in total. The first kappa shape index (κ1) is 12.0. The molecule has 0 radical (unpaired) electrons. The smallest absolute Gasteiger partial charge is 0.263 e. The van der Waals surface area contributed by atoms with Crippen LogP contribution < -0.4 is 15.1 Å². The van der Waals surface area contributed by atoms with Crippen LogP contribution in [0.4, 0.5) is 5.69 Å². The third-order valence-corrected chi connectivity index (χ3v) is 3.51. The van der Waals surface area contributed by atoms with E-state index in [1.807, 2.05) is 23.1 Å². The summed E-state index contributed by atoms with van der Waals surface area (Å²) < 4.78 is 5.20. The number of nitrogens with one attached hydrogen (secondary N) is 1. The lowest BCUT2D eigenvalue weighted by Crippen LogP contribution is -2.50. The van der Waals surface area contributed by atoms with E-state index in [4.69, 9.17) is 4.74 Å². The highest BCUT2D eigenvalue weighted by Gasteiger charge is 2.34. The second kappa shape index (κ2) is 4.55. The fraction of sp³-hybridized carbons (Fsp3) is 0.385. The van der Waals surface area contributed by atoms with E-state index in [-0.39, 0.29) is 5.91 Å². The lowest BCUT2D eigenvalue weighted by Gasteiger charge is -2.30. The molecule has 0 fully saturated rings. The molecule has 1 aromatic rings. The number of nitrogens with zero attached hydrogens (tertiary/aromatic N) is 2. The maximum Gasteiger partial charge on any atom is 0.263 e. The maximum absolute atomic E-state index is 11.9. The summed E-state index contributed by atoms with van der Waals surface area (Å²) in [6, 6.07) is 5.21. The molecule has 0 saturated carbocycles. The standard InChI is InChI=1S/C13H15N3O3/c1-19-10-2-3-11-8(5-10)4-9(17)6-12-13(18)15-14-7-16(11)12/h2-3,5,7,9,12,17H,4,6H2,1H3,(H,15,18). The molecular formula is C13H15N3O3. The van der Waals surface area contributed by atoms with Crippen LogP contribution in [-0.4, -0.2) is 36.6 Å². The van der Waals surface area contributed by atoms with E-state index in [9.17, 15) is 9.90 Å². The van der Waals surface area contributed by atoms with Gasteiger partial charge in [0.15, 0.2) is 0 Å². The fourth-order valence-corrected chi connectivity index (χ4v) is 2.59. The number of carbonyl (C=O) groups excluding carboxylic acids is 1. The Kier molecular flexibility index (Phi) is 2.87. The monoisotopic (exact) mass is 261 g/mol. The van der Waals surface area contributed by atoms with E-state index >= 15 is 0 Å². The van der Waals surface area contributed by atoms with Gasteiger partial charge in [-0.1, -0.05) is 0 Å². The molecule has 2 unspecified atom stereocenters. The van der Waals surface area contributed by atoms with E-state index in [1.165, 1.54) is 0 Å². The van der Waals surface area contributed by atoms with Crippen LogP contribution in [0.1, 0.15) is 12.0 Å². The zero-order valence-electron chi connectivity index (χ0n) is 10.5. The summed E-state index contributed by atoms with van der Waals surface area (Å²) in [6.07, 6.45) is 1.92.